The number of para-hydroxylation sites is 1. The van der Waals surface area contributed by atoms with Crippen molar-refractivity contribution in [3.8, 4) is 11.5 Å². The van der Waals surface area contributed by atoms with Gasteiger partial charge in [-0.2, -0.15) is 5.10 Å². The van der Waals surface area contributed by atoms with Gasteiger partial charge in [-0.15, -0.1) is 0 Å². The summed E-state index contributed by atoms with van der Waals surface area (Å²) in [5.41, 5.74) is 6.01. The van der Waals surface area contributed by atoms with Gasteiger partial charge in [0.05, 0.1) is 6.21 Å². The Bertz CT molecular complexity index is 1260. The van der Waals surface area contributed by atoms with E-state index in [4.69, 9.17) is 9.47 Å². The van der Waals surface area contributed by atoms with Crippen LogP contribution in [0.5, 0.6) is 11.5 Å². The fourth-order valence-corrected chi connectivity index (χ4v) is 3.18. The Balaban J connectivity index is 1.43. The molecular formula is C28H28N4O5. The van der Waals surface area contributed by atoms with Crippen LogP contribution in [-0.4, -0.2) is 37.1 Å². The van der Waals surface area contributed by atoms with Crippen LogP contribution in [0.25, 0.3) is 0 Å². The molecule has 0 fully saturated rings. The molecule has 9 heteroatoms. The molecule has 3 rings (SSSR count). The SMILES string of the molecule is C=CCOc1ccc(NC(=O)C(=O)N/N=C\c2ccc(OCC(=O)Nc3c(C)cccc3C)cc2)cc1. The molecule has 3 amide bonds. The van der Waals surface area contributed by atoms with Crippen molar-refractivity contribution >= 4 is 35.3 Å². The summed E-state index contributed by atoms with van der Waals surface area (Å²) in [6.07, 6.45) is 3.01. The third kappa shape index (κ3) is 8.36. The van der Waals surface area contributed by atoms with Crippen LogP contribution in [0.4, 0.5) is 11.4 Å². The Labute approximate surface area is 215 Å². The van der Waals surface area contributed by atoms with Gasteiger partial charge < -0.3 is 20.1 Å². The third-order valence-corrected chi connectivity index (χ3v) is 5.06. The lowest BCUT2D eigenvalue weighted by Gasteiger charge is -2.12. The first-order chi connectivity index (χ1) is 17.9. The van der Waals surface area contributed by atoms with Gasteiger partial charge in [0.2, 0.25) is 0 Å². The van der Waals surface area contributed by atoms with Crippen molar-refractivity contribution < 1.29 is 23.9 Å². The van der Waals surface area contributed by atoms with Crippen LogP contribution in [0.2, 0.25) is 0 Å². The van der Waals surface area contributed by atoms with Gasteiger partial charge in [0.25, 0.3) is 5.91 Å². The maximum absolute atomic E-state index is 12.2. The first kappa shape index (κ1) is 26.7. The minimum absolute atomic E-state index is 0.142. The summed E-state index contributed by atoms with van der Waals surface area (Å²) in [4.78, 5) is 36.3. The molecule has 0 bridgehead atoms. The Morgan fingerprint density at radius 3 is 2.11 bits per heavy atom. The second-order valence-electron chi connectivity index (χ2n) is 7.95. The van der Waals surface area contributed by atoms with Crippen molar-refractivity contribution in [2.75, 3.05) is 23.8 Å². The number of hydrogen-bond acceptors (Lipinski definition) is 6. The molecule has 9 nitrogen and oxygen atoms in total. The highest BCUT2D eigenvalue weighted by Gasteiger charge is 2.13. The molecule has 0 spiro atoms. The van der Waals surface area contributed by atoms with E-state index < -0.39 is 11.8 Å². The lowest BCUT2D eigenvalue weighted by Crippen LogP contribution is -2.32. The van der Waals surface area contributed by atoms with E-state index in [0.717, 1.165) is 16.8 Å². The molecule has 3 aromatic rings. The summed E-state index contributed by atoms with van der Waals surface area (Å²) in [6.45, 7) is 7.66. The number of aryl methyl sites for hydroxylation is 2. The van der Waals surface area contributed by atoms with Crippen LogP contribution in [0.3, 0.4) is 0 Å². The van der Waals surface area contributed by atoms with E-state index in [1.54, 1.807) is 54.6 Å². The number of benzene rings is 3. The van der Waals surface area contributed by atoms with Crippen molar-refractivity contribution in [2.45, 2.75) is 13.8 Å². The monoisotopic (exact) mass is 500 g/mol. The molecule has 0 unspecified atom stereocenters. The molecule has 0 aliphatic carbocycles. The summed E-state index contributed by atoms with van der Waals surface area (Å²) in [6, 6.07) is 19.1. The first-order valence-corrected chi connectivity index (χ1v) is 11.4. The van der Waals surface area contributed by atoms with Crippen molar-refractivity contribution in [1.82, 2.24) is 5.43 Å². The molecular weight excluding hydrogens is 472 g/mol. The number of carbonyl (C=O) groups is 3. The van der Waals surface area contributed by atoms with Crippen molar-refractivity contribution in [3.05, 3.63) is 96.1 Å². The van der Waals surface area contributed by atoms with Crippen LogP contribution in [0, 0.1) is 13.8 Å². The maximum atomic E-state index is 12.2. The molecule has 0 radical (unpaired) electrons. The Morgan fingerprint density at radius 1 is 0.838 bits per heavy atom. The summed E-state index contributed by atoms with van der Waals surface area (Å²) in [5.74, 6) is -0.930. The van der Waals surface area contributed by atoms with Gasteiger partial charge in [0, 0.05) is 11.4 Å². The summed E-state index contributed by atoms with van der Waals surface area (Å²) >= 11 is 0. The average Bonchev–Trinajstić information content (AvgIpc) is 2.90. The number of anilines is 2. The minimum Gasteiger partial charge on any atom is -0.490 e. The van der Waals surface area contributed by atoms with Gasteiger partial charge in [-0.05, 0) is 79.1 Å². The highest BCUT2D eigenvalue weighted by Crippen LogP contribution is 2.19. The number of rotatable bonds is 10. The summed E-state index contributed by atoms with van der Waals surface area (Å²) < 4.78 is 10.9. The van der Waals surface area contributed by atoms with E-state index in [1.807, 2.05) is 32.0 Å². The highest BCUT2D eigenvalue weighted by molar-refractivity contribution is 6.39. The molecule has 190 valence electrons. The van der Waals surface area contributed by atoms with E-state index in [0.29, 0.717) is 29.4 Å². The van der Waals surface area contributed by atoms with Gasteiger partial charge in [0.15, 0.2) is 6.61 Å². The Kier molecular flexibility index (Phi) is 9.55. The van der Waals surface area contributed by atoms with E-state index in [9.17, 15) is 14.4 Å². The van der Waals surface area contributed by atoms with E-state index in [-0.39, 0.29) is 12.5 Å². The normalized spacial score (nSPS) is 10.4. The molecule has 37 heavy (non-hydrogen) atoms. The molecule has 0 saturated carbocycles. The van der Waals surface area contributed by atoms with Crippen molar-refractivity contribution in [1.29, 1.82) is 0 Å². The van der Waals surface area contributed by atoms with Crippen LogP contribution >= 0.6 is 0 Å². The molecule has 0 heterocycles. The largest absolute Gasteiger partial charge is 0.490 e. The minimum atomic E-state index is -0.918. The number of carbonyl (C=O) groups excluding carboxylic acids is 3. The molecule has 0 aromatic heterocycles. The predicted octanol–water partition coefficient (Wildman–Crippen LogP) is 3.97. The quantitative estimate of drug-likeness (QED) is 0.168. The number of hydrazone groups is 1. The zero-order valence-electron chi connectivity index (χ0n) is 20.6. The maximum Gasteiger partial charge on any atom is 0.329 e. The number of ether oxygens (including phenoxy) is 2. The highest BCUT2D eigenvalue weighted by atomic mass is 16.5. The van der Waals surface area contributed by atoms with Gasteiger partial charge in [-0.3, -0.25) is 14.4 Å². The van der Waals surface area contributed by atoms with Crippen molar-refractivity contribution in [2.24, 2.45) is 5.10 Å². The zero-order valence-corrected chi connectivity index (χ0v) is 20.6. The van der Waals surface area contributed by atoms with E-state index in [2.05, 4.69) is 27.7 Å². The fraction of sp³-hybridized carbons (Fsp3) is 0.143. The lowest BCUT2D eigenvalue weighted by molar-refractivity contribution is -0.136. The molecule has 0 aliphatic heterocycles. The predicted molar refractivity (Wildman–Crippen MR) is 143 cm³/mol. The Morgan fingerprint density at radius 2 is 1.46 bits per heavy atom. The summed E-state index contributed by atoms with van der Waals surface area (Å²) in [7, 11) is 0. The van der Waals surface area contributed by atoms with Crippen LogP contribution in [-0.2, 0) is 14.4 Å². The van der Waals surface area contributed by atoms with Gasteiger partial charge >= 0.3 is 11.8 Å². The van der Waals surface area contributed by atoms with Gasteiger partial charge in [-0.1, -0.05) is 30.9 Å². The molecule has 0 aliphatic rings. The molecule has 3 N–H and O–H groups in total. The molecule has 0 atom stereocenters. The van der Waals surface area contributed by atoms with E-state index >= 15 is 0 Å². The van der Waals surface area contributed by atoms with Crippen LogP contribution < -0.4 is 25.5 Å². The molecule has 3 aromatic carbocycles. The second kappa shape index (κ2) is 13.2. The smallest absolute Gasteiger partial charge is 0.329 e. The lowest BCUT2D eigenvalue weighted by atomic mass is 10.1. The number of nitrogens with zero attached hydrogens (tertiary/aromatic N) is 1. The first-order valence-electron chi connectivity index (χ1n) is 11.4. The topological polar surface area (TPSA) is 118 Å². The van der Waals surface area contributed by atoms with Crippen LogP contribution in [0.15, 0.2) is 84.5 Å². The number of nitrogens with one attached hydrogen (secondary N) is 3. The summed E-state index contributed by atoms with van der Waals surface area (Å²) in [5, 5.41) is 9.14. The number of amides is 3. The Hall–Kier alpha value is -4.92. The molecule has 0 saturated heterocycles. The zero-order chi connectivity index (χ0) is 26.6. The second-order valence-corrected chi connectivity index (χ2v) is 7.95. The van der Waals surface area contributed by atoms with Gasteiger partial charge in [0.1, 0.15) is 18.1 Å². The van der Waals surface area contributed by atoms with E-state index in [1.165, 1.54) is 6.21 Å². The van der Waals surface area contributed by atoms with Crippen LogP contribution in [0.1, 0.15) is 16.7 Å². The number of hydrogen-bond donors (Lipinski definition) is 3. The standard InChI is InChI=1S/C28H28N4O5/c1-4-16-36-23-14-10-22(11-15-23)30-27(34)28(35)32-29-17-21-8-12-24(13-9-21)37-18-25(33)31-26-19(2)6-5-7-20(26)3/h4-15,17H,1,16,18H2,2-3H3,(H,30,34)(H,31,33)(H,32,35)/b29-17-. The fourth-order valence-electron chi connectivity index (χ4n) is 3.18. The third-order valence-electron chi connectivity index (χ3n) is 5.06. The van der Waals surface area contributed by atoms with Gasteiger partial charge in [-0.25, -0.2) is 5.43 Å². The average molecular weight is 501 g/mol. The van der Waals surface area contributed by atoms with Crippen molar-refractivity contribution in [3.63, 3.8) is 0 Å².